The number of anilines is 1. The number of para-hydroxylation sites is 1. The highest BCUT2D eigenvalue weighted by atomic mass is 19.1. The minimum absolute atomic E-state index is 0.297. The quantitative estimate of drug-likeness (QED) is 0.469. The number of hydrogen-bond acceptors (Lipinski definition) is 4. The zero-order chi connectivity index (χ0) is 22.5. The van der Waals surface area contributed by atoms with Crippen LogP contribution in [-0.2, 0) is 14.3 Å². The summed E-state index contributed by atoms with van der Waals surface area (Å²) in [5.74, 6) is -1.63. The summed E-state index contributed by atoms with van der Waals surface area (Å²) in [6, 6.07) is 14.0. The van der Waals surface area contributed by atoms with Gasteiger partial charge in [0.05, 0.1) is 11.4 Å². The van der Waals surface area contributed by atoms with E-state index >= 15 is 0 Å². The zero-order valence-corrected chi connectivity index (χ0v) is 17.8. The molecule has 7 heteroatoms. The van der Waals surface area contributed by atoms with Gasteiger partial charge in [-0.15, -0.1) is 0 Å². The molecule has 160 valence electrons. The third-order valence-corrected chi connectivity index (χ3v) is 4.84. The number of rotatable bonds is 6. The summed E-state index contributed by atoms with van der Waals surface area (Å²) in [4.78, 5) is 24.4. The van der Waals surface area contributed by atoms with Crippen LogP contribution in [0.3, 0.4) is 0 Å². The highest BCUT2D eigenvalue weighted by Gasteiger charge is 2.18. The van der Waals surface area contributed by atoms with Gasteiger partial charge in [-0.05, 0) is 63.6 Å². The standard InChI is InChI=1S/C24H24FN3O3/c1-15-10-11-19(14-22(15)25)26-24(30)18(4)31-23(29)13-12-21-16(2)27-28(17(21)3)20-8-6-5-7-9-20/h5-14,18H,1-4H3,(H,26,30)/b13-12+/t18-/m1/s1. The molecule has 0 aliphatic carbocycles. The fourth-order valence-electron chi connectivity index (χ4n) is 3.05. The van der Waals surface area contributed by atoms with E-state index in [1.165, 1.54) is 19.1 Å². The molecular weight excluding hydrogens is 397 g/mol. The summed E-state index contributed by atoms with van der Waals surface area (Å²) in [7, 11) is 0. The molecule has 0 aliphatic rings. The highest BCUT2D eigenvalue weighted by Crippen LogP contribution is 2.19. The van der Waals surface area contributed by atoms with E-state index in [1.54, 1.807) is 29.8 Å². The van der Waals surface area contributed by atoms with Crippen molar-refractivity contribution in [2.24, 2.45) is 0 Å². The van der Waals surface area contributed by atoms with Gasteiger partial charge in [0.25, 0.3) is 5.91 Å². The SMILES string of the molecule is Cc1ccc(NC(=O)[C@@H](C)OC(=O)/C=C/c2c(C)nn(-c3ccccc3)c2C)cc1F. The van der Waals surface area contributed by atoms with Crippen LogP contribution in [0.1, 0.15) is 29.4 Å². The summed E-state index contributed by atoms with van der Waals surface area (Å²) in [6.07, 6.45) is 1.84. The minimum atomic E-state index is -1.05. The molecule has 0 radical (unpaired) electrons. The highest BCUT2D eigenvalue weighted by molar-refractivity contribution is 5.96. The average Bonchev–Trinajstić information content (AvgIpc) is 3.03. The van der Waals surface area contributed by atoms with Crippen molar-refractivity contribution >= 4 is 23.6 Å². The third kappa shape index (κ3) is 5.25. The van der Waals surface area contributed by atoms with E-state index in [2.05, 4.69) is 10.4 Å². The lowest BCUT2D eigenvalue weighted by Crippen LogP contribution is -2.29. The first-order valence-corrected chi connectivity index (χ1v) is 9.83. The number of carbonyl (C=O) groups is 2. The van der Waals surface area contributed by atoms with Crippen molar-refractivity contribution < 1.29 is 18.7 Å². The van der Waals surface area contributed by atoms with Crippen molar-refractivity contribution in [3.8, 4) is 5.69 Å². The average molecular weight is 421 g/mol. The molecule has 3 aromatic rings. The Morgan fingerprint density at radius 2 is 1.84 bits per heavy atom. The Labute approximate surface area is 180 Å². The smallest absolute Gasteiger partial charge is 0.331 e. The number of amides is 1. The number of carbonyl (C=O) groups excluding carboxylic acids is 2. The van der Waals surface area contributed by atoms with Gasteiger partial charge in [0.15, 0.2) is 6.10 Å². The number of ether oxygens (including phenoxy) is 1. The van der Waals surface area contributed by atoms with Crippen LogP contribution in [0.25, 0.3) is 11.8 Å². The van der Waals surface area contributed by atoms with Crippen molar-refractivity contribution in [1.82, 2.24) is 9.78 Å². The van der Waals surface area contributed by atoms with E-state index in [-0.39, 0.29) is 0 Å². The number of benzene rings is 2. The molecule has 6 nitrogen and oxygen atoms in total. The van der Waals surface area contributed by atoms with Gasteiger partial charge >= 0.3 is 5.97 Å². The molecule has 0 bridgehead atoms. The molecule has 1 amide bonds. The Kier molecular flexibility index (Phi) is 6.65. The molecule has 1 atom stereocenters. The van der Waals surface area contributed by atoms with Crippen molar-refractivity contribution in [3.63, 3.8) is 0 Å². The molecule has 0 unspecified atom stereocenters. The number of nitrogens with zero attached hydrogens (tertiary/aromatic N) is 2. The molecule has 0 saturated heterocycles. The van der Waals surface area contributed by atoms with Gasteiger partial charge in [0.2, 0.25) is 0 Å². The fourth-order valence-corrected chi connectivity index (χ4v) is 3.05. The molecule has 0 aliphatic heterocycles. The van der Waals surface area contributed by atoms with Crippen molar-refractivity contribution in [2.75, 3.05) is 5.32 Å². The minimum Gasteiger partial charge on any atom is -0.449 e. The van der Waals surface area contributed by atoms with Gasteiger partial charge in [0.1, 0.15) is 5.82 Å². The maximum Gasteiger partial charge on any atom is 0.331 e. The van der Waals surface area contributed by atoms with Crippen LogP contribution < -0.4 is 5.32 Å². The molecule has 0 spiro atoms. The lowest BCUT2D eigenvalue weighted by molar-refractivity contribution is -0.148. The van der Waals surface area contributed by atoms with E-state index in [9.17, 15) is 14.0 Å². The van der Waals surface area contributed by atoms with E-state index in [0.717, 1.165) is 22.6 Å². The van der Waals surface area contributed by atoms with Crippen LogP contribution in [0, 0.1) is 26.6 Å². The Hall–Kier alpha value is -3.74. The Bertz CT molecular complexity index is 1140. The first-order valence-electron chi connectivity index (χ1n) is 9.83. The number of hydrogen-bond donors (Lipinski definition) is 1. The number of nitrogens with one attached hydrogen (secondary N) is 1. The summed E-state index contributed by atoms with van der Waals surface area (Å²) < 4.78 is 20.6. The van der Waals surface area contributed by atoms with Crippen molar-refractivity contribution in [3.05, 3.63) is 82.9 Å². The first kappa shape index (κ1) is 22.0. The first-order chi connectivity index (χ1) is 14.8. The lowest BCUT2D eigenvalue weighted by atomic mass is 10.2. The van der Waals surface area contributed by atoms with E-state index in [4.69, 9.17) is 4.74 Å². The summed E-state index contributed by atoms with van der Waals surface area (Å²) in [5, 5.41) is 7.06. The van der Waals surface area contributed by atoms with Gasteiger partial charge in [-0.25, -0.2) is 13.9 Å². The van der Waals surface area contributed by atoms with E-state index in [0.29, 0.717) is 11.3 Å². The topological polar surface area (TPSA) is 73.2 Å². The number of esters is 1. The van der Waals surface area contributed by atoms with Crippen LogP contribution in [0.4, 0.5) is 10.1 Å². The normalized spacial score (nSPS) is 12.0. The van der Waals surface area contributed by atoms with Crippen LogP contribution >= 0.6 is 0 Å². The number of aryl methyl sites for hydroxylation is 2. The summed E-state index contributed by atoms with van der Waals surface area (Å²) in [6.45, 7) is 6.85. The van der Waals surface area contributed by atoms with Crippen molar-refractivity contribution in [2.45, 2.75) is 33.8 Å². The molecule has 0 fully saturated rings. The molecular formula is C24H24FN3O3. The second kappa shape index (κ2) is 9.38. The molecule has 1 aromatic heterocycles. The summed E-state index contributed by atoms with van der Waals surface area (Å²) in [5.41, 5.74) is 4.13. The van der Waals surface area contributed by atoms with Gasteiger partial charge in [0, 0.05) is 23.0 Å². The maximum absolute atomic E-state index is 13.6. The zero-order valence-electron chi connectivity index (χ0n) is 17.8. The van der Waals surface area contributed by atoms with E-state index in [1.807, 2.05) is 44.2 Å². The van der Waals surface area contributed by atoms with Crippen LogP contribution in [0.5, 0.6) is 0 Å². The van der Waals surface area contributed by atoms with E-state index < -0.39 is 23.8 Å². The lowest BCUT2D eigenvalue weighted by Gasteiger charge is -2.12. The van der Waals surface area contributed by atoms with Gasteiger partial charge in [-0.1, -0.05) is 24.3 Å². The maximum atomic E-state index is 13.6. The second-order valence-electron chi connectivity index (χ2n) is 7.20. The second-order valence-corrected chi connectivity index (χ2v) is 7.20. The molecule has 0 saturated carbocycles. The Morgan fingerprint density at radius 3 is 2.52 bits per heavy atom. The van der Waals surface area contributed by atoms with Crippen LogP contribution in [-0.4, -0.2) is 27.8 Å². The largest absolute Gasteiger partial charge is 0.449 e. The van der Waals surface area contributed by atoms with Crippen molar-refractivity contribution in [1.29, 1.82) is 0 Å². The van der Waals surface area contributed by atoms with Crippen LogP contribution in [0.15, 0.2) is 54.6 Å². The molecule has 1 heterocycles. The Morgan fingerprint density at radius 1 is 1.13 bits per heavy atom. The predicted molar refractivity (Wildman–Crippen MR) is 117 cm³/mol. The molecule has 1 N–H and O–H groups in total. The Balaban J connectivity index is 1.64. The van der Waals surface area contributed by atoms with Gasteiger partial charge < -0.3 is 10.1 Å². The molecule has 3 rings (SSSR count). The number of halogens is 1. The predicted octanol–water partition coefficient (Wildman–Crippen LogP) is 4.52. The van der Waals surface area contributed by atoms with Gasteiger partial charge in [-0.2, -0.15) is 5.10 Å². The fraction of sp³-hybridized carbons (Fsp3) is 0.208. The van der Waals surface area contributed by atoms with Gasteiger partial charge in [-0.3, -0.25) is 4.79 Å². The number of aromatic nitrogens is 2. The monoisotopic (exact) mass is 421 g/mol. The molecule has 2 aromatic carbocycles. The third-order valence-electron chi connectivity index (χ3n) is 4.84. The summed E-state index contributed by atoms with van der Waals surface area (Å²) >= 11 is 0. The van der Waals surface area contributed by atoms with Crippen LogP contribution in [0.2, 0.25) is 0 Å². The molecule has 31 heavy (non-hydrogen) atoms.